The van der Waals surface area contributed by atoms with E-state index in [1.54, 1.807) is 0 Å². The van der Waals surface area contributed by atoms with Crippen molar-refractivity contribution in [2.45, 2.75) is 58.5 Å². The van der Waals surface area contributed by atoms with Gasteiger partial charge in [0, 0.05) is 11.5 Å². The minimum absolute atomic E-state index is 0.127. The van der Waals surface area contributed by atoms with Gasteiger partial charge in [-0.15, -0.1) is 0 Å². The Labute approximate surface area is 115 Å². The van der Waals surface area contributed by atoms with E-state index < -0.39 is 0 Å². The highest BCUT2D eigenvalue weighted by Gasteiger charge is 2.46. The fraction of sp³-hybridized carbons (Fsp3) is 0.647. The first-order valence-electron chi connectivity index (χ1n) is 7.41. The number of hydrogen-bond donors (Lipinski definition) is 1. The summed E-state index contributed by atoms with van der Waals surface area (Å²) in [5.74, 6) is 3.03. The molecule has 1 fully saturated rings. The number of ether oxygens (including phenoxy) is 1. The molecule has 3 rings (SSSR count). The zero-order valence-corrected chi connectivity index (χ0v) is 12.4. The van der Waals surface area contributed by atoms with Gasteiger partial charge in [0.05, 0.1) is 0 Å². The third-order valence-electron chi connectivity index (χ3n) is 5.01. The zero-order valence-electron chi connectivity index (χ0n) is 12.4. The molecule has 0 amide bonds. The molecule has 0 bridgehead atoms. The van der Waals surface area contributed by atoms with E-state index in [1.807, 2.05) is 13.0 Å². The lowest BCUT2D eigenvalue weighted by Gasteiger charge is -2.48. The first-order valence-corrected chi connectivity index (χ1v) is 7.41. The molecule has 1 aliphatic heterocycles. The number of phenolic OH excluding ortho intramolecular Hbond substituents is 1. The molecule has 1 saturated carbocycles. The summed E-state index contributed by atoms with van der Waals surface area (Å²) in [4.78, 5) is 0. The molecule has 0 radical (unpaired) electrons. The molecule has 0 saturated heterocycles. The van der Waals surface area contributed by atoms with E-state index in [-0.39, 0.29) is 5.60 Å². The third-order valence-corrected chi connectivity index (χ3v) is 5.01. The summed E-state index contributed by atoms with van der Waals surface area (Å²) in [6.45, 7) is 8.72. The lowest BCUT2D eigenvalue weighted by Crippen LogP contribution is -2.46. The Morgan fingerprint density at radius 1 is 1.26 bits per heavy atom. The van der Waals surface area contributed by atoms with Crippen LogP contribution in [-0.2, 0) is 0 Å². The Balaban J connectivity index is 2.13. The third kappa shape index (κ3) is 2.01. The summed E-state index contributed by atoms with van der Waals surface area (Å²) < 4.78 is 6.23. The zero-order chi connectivity index (χ0) is 13.8. The van der Waals surface area contributed by atoms with E-state index in [2.05, 4.69) is 26.8 Å². The van der Waals surface area contributed by atoms with Crippen molar-refractivity contribution in [3.05, 3.63) is 23.3 Å². The molecule has 1 aromatic rings. The van der Waals surface area contributed by atoms with Crippen molar-refractivity contribution in [2.75, 3.05) is 0 Å². The summed E-state index contributed by atoms with van der Waals surface area (Å²) in [6, 6.07) is 3.95. The Morgan fingerprint density at radius 3 is 2.74 bits per heavy atom. The second kappa shape index (κ2) is 4.16. The van der Waals surface area contributed by atoms with Crippen LogP contribution in [0.1, 0.15) is 57.1 Å². The van der Waals surface area contributed by atoms with Gasteiger partial charge < -0.3 is 9.84 Å². The van der Waals surface area contributed by atoms with Crippen molar-refractivity contribution < 1.29 is 9.84 Å². The van der Waals surface area contributed by atoms with Gasteiger partial charge in [0.15, 0.2) is 0 Å². The van der Waals surface area contributed by atoms with Crippen LogP contribution in [0.5, 0.6) is 11.5 Å². The lowest BCUT2D eigenvalue weighted by molar-refractivity contribution is -0.0145. The monoisotopic (exact) mass is 260 g/mol. The van der Waals surface area contributed by atoms with E-state index in [0.29, 0.717) is 17.6 Å². The van der Waals surface area contributed by atoms with Crippen molar-refractivity contribution >= 4 is 0 Å². The van der Waals surface area contributed by atoms with Crippen LogP contribution in [0.4, 0.5) is 0 Å². The van der Waals surface area contributed by atoms with Crippen LogP contribution >= 0.6 is 0 Å². The fourth-order valence-electron chi connectivity index (χ4n) is 4.09. The fourth-order valence-corrected chi connectivity index (χ4v) is 4.09. The minimum Gasteiger partial charge on any atom is -0.508 e. The maximum absolute atomic E-state index is 10.4. The van der Waals surface area contributed by atoms with Crippen molar-refractivity contribution in [3.63, 3.8) is 0 Å². The number of phenols is 1. The molecule has 0 spiro atoms. The topological polar surface area (TPSA) is 29.5 Å². The lowest BCUT2D eigenvalue weighted by atomic mass is 9.64. The number of aromatic hydroxyl groups is 1. The number of fused-ring (bicyclic) bond motifs is 3. The van der Waals surface area contributed by atoms with Crippen molar-refractivity contribution in [1.82, 2.24) is 0 Å². The van der Waals surface area contributed by atoms with Gasteiger partial charge in [0.1, 0.15) is 17.1 Å². The number of rotatable bonds is 0. The van der Waals surface area contributed by atoms with Gasteiger partial charge in [-0.25, -0.2) is 0 Å². The molecule has 104 valence electrons. The summed E-state index contributed by atoms with van der Waals surface area (Å²) in [5, 5.41) is 10.4. The quantitative estimate of drug-likeness (QED) is 0.749. The van der Waals surface area contributed by atoms with Crippen molar-refractivity contribution in [2.24, 2.45) is 11.8 Å². The van der Waals surface area contributed by atoms with E-state index in [4.69, 9.17) is 4.74 Å². The molecule has 0 aromatic heterocycles. The molecule has 3 atom stereocenters. The molecule has 2 aliphatic rings. The average Bonchev–Trinajstić information content (AvgIpc) is 2.25. The van der Waals surface area contributed by atoms with Gasteiger partial charge in [0.2, 0.25) is 0 Å². The number of benzene rings is 1. The van der Waals surface area contributed by atoms with Crippen LogP contribution in [0.3, 0.4) is 0 Å². The highest BCUT2D eigenvalue weighted by Crippen LogP contribution is 2.55. The predicted octanol–water partition coefficient (Wildman–Crippen LogP) is 4.39. The molecule has 1 heterocycles. The van der Waals surface area contributed by atoms with E-state index in [0.717, 1.165) is 22.8 Å². The van der Waals surface area contributed by atoms with Crippen molar-refractivity contribution in [1.29, 1.82) is 0 Å². The second-order valence-corrected chi connectivity index (χ2v) is 7.03. The van der Waals surface area contributed by atoms with Crippen LogP contribution in [0.15, 0.2) is 12.1 Å². The molecular formula is C17H24O2. The molecular weight excluding hydrogens is 236 g/mol. The highest BCUT2D eigenvalue weighted by molar-refractivity contribution is 5.51. The Morgan fingerprint density at radius 2 is 2.00 bits per heavy atom. The first-order chi connectivity index (χ1) is 8.88. The van der Waals surface area contributed by atoms with Gasteiger partial charge in [-0.1, -0.05) is 13.3 Å². The molecule has 19 heavy (non-hydrogen) atoms. The smallest absolute Gasteiger partial charge is 0.127 e. The normalized spacial score (nSPS) is 32.1. The van der Waals surface area contributed by atoms with Crippen LogP contribution < -0.4 is 4.74 Å². The molecule has 2 heteroatoms. The van der Waals surface area contributed by atoms with Gasteiger partial charge in [-0.05, 0) is 63.1 Å². The SMILES string of the molecule is Cc1cc(O)c2c(c1)OC(C)(C)[C@@H]1CC[C@@H](C)C[C@H]21. The average molecular weight is 260 g/mol. The van der Waals surface area contributed by atoms with Gasteiger partial charge in [-0.2, -0.15) is 0 Å². The molecule has 2 nitrogen and oxygen atoms in total. The Hall–Kier alpha value is -1.18. The summed E-state index contributed by atoms with van der Waals surface area (Å²) >= 11 is 0. The summed E-state index contributed by atoms with van der Waals surface area (Å²) in [5.41, 5.74) is 1.99. The first kappa shape index (κ1) is 12.8. The van der Waals surface area contributed by atoms with E-state index in [9.17, 15) is 5.11 Å². The van der Waals surface area contributed by atoms with Crippen LogP contribution in [-0.4, -0.2) is 10.7 Å². The minimum atomic E-state index is -0.127. The van der Waals surface area contributed by atoms with Gasteiger partial charge >= 0.3 is 0 Å². The molecule has 0 unspecified atom stereocenters. The number of hydrogen-bond acceptors (Lipinski definition) is 2. The van der Waals surface area contributed by atoms with Crippen LogP contribution in [0.2, 0.25) is 0 Å². The maximum Gasteiger partial charge on any atom is 0.127 e. The van der Waals surface area contributed by atoms with Gasteiger partial charge in [-0.3, -0.25) is 0 Å². The molecule has 1 aromatic carbocycles. The Bertz CT molecular complexity index is 504. The standard InChI is InChI=1S/C17H24O2/c1-10-5-6-13-12(7-10)16-14(18)8-11(2)9-15(16)19-17(13,3)4/h8-10,12-13,18H,5-7H2,1-4H3/t10-,12+,13-/m1/s1. The number of aryl methyl sites for hydroxylation is 1. The van der Waals surface area contributed by atoms with Gasteiger partial charge in [0.25, 0.3) is 0 Å². The van der Waals surface area contributed by atoms with E-state index >= 15 is 0 Å². The van der Waals surface area contributed by atoms with Crippen LogP contribution in [0.25, 0.3) is 0 Å². The molecule has 1 aliphatic carbocycles. The summed E-state index contributed by atoms with van der Waals surface area (Å²) in [6.07, 6.45) is 3.64. The predicted molar refractivity (Wildman–Crippen MR) is 76.8 cm³/mol. The maximum atomic E-state index is 10.4. The highest BCUT2D eigenvalue weighted by atomic mass is 16.5. The summed E-state index contributed by atoms with van der Waals surface area (Å²) in [7, 11) is 0. The Kier molecular flexibility index (Phi) is 2.81. The van der Waals surface area contributed by atoms with Crippen LogP contribution in [0, 0.1) is 18.8 Å². The van der Waals surface area contributed by atoms with Crippen molar-refractivity contribution in [3.8, 4) is 11.5 Å². The van der Waals surface area contributed by atoms with E-state index in [1.165, 1.54) is 19.3 Å². The molecule has 1 N–H and O–H groups in total. The largest absolute Gasteiger partial charge is 0.508 e. The second-order valence-electron chi connectivity index (χ2n) is 7.03.